The van der Waals surface area contributed by atoms with Crippen molar-refractivity contribution in [3.05, 3.63) is 96.7 Å². The summed E-state index contributed by atoms with van der Waals surface area (Å²) in [7, 11) is 1.61. The van der Waals surface area contributed by atoms with Gasteiger partial charge in [-0.2, -0.15) is 0 Å². The Morgan fingerprint density at radius 2 is 1.34 bits per heavy atom. The summed E-state index contributed by atoms with van der Waals surface area (Å²) in [6.07, 6.45) is 0. The van der Waals surface area contributed by atoms with Crippen LogP contribution < -0.4 is 15.4 Å². The Morgan fingerprint density at radius 1 is 0.800 bits per heavy atom. The van der Waals surface area contributed by atoms with Crippen LogP contribution in [0.15, 0.2) is 96.2 Å². The van der Waals surface area contributed by atoms with Crippen LogP contribution in [0.1, 0.15) is 5.69 Å². The number of thioether (sulfide) groups is 1. The highest BCUT2D eigenvalue weighted by molar-refractivity contribution is 8.01. The van der Waals surface area contributed by atoms with E-state index >= 15 is 0 Å². The Morgan fingerprint density at radius 3 is 1.86 bits per heavy atom. The van der Waals surface area contributed by atoms with Crippen LogP contribution in [0.5, 0.6) is 5.75 Å². The SMILES string of the molecule is COc1ccc(-c2cc(C)nc(SC(C(=O)Nc3ccccc3)C(=O)Nc3ccccc3)n2)cc1. The zero-order valence-electron chi connectivity index (χ0n) is 19.3. The molecule has 0 spiro atoms. The fourth-order valence-electron chi connectivity index (χ4n) is 3.29. The van der Waals surface area contributed by atoms with Crippen molar-refractivity contribution < 1.29 is 14.3 Å². The molecule has 4 aromatic rings. The van der Waals surface area contributed by atoms with E-state index in [0.29, 0.717) is 22.2 Å². The molecule has 35 heavy (non-hydrogen) atoms. The average molecular weight is 485 g/mol. The van der Waals surface area contributed by atoms with Crippen molar-refractivity contribution in [2.24, 2.45) is 0 Å². The number of rotatable bonds is 8. The summed E-state index contributed by atoms with van der Waals surface area (Å²) >= 11 is 1.00. The zero-order valence-corrected chi connectivity index (χ0v) is 20.1. The smallest absolute Gasteiger partial charge is 0.247 e. The number of ether oxygens (including phenoxy) is 1. The maximum absolute atomic E-state index is 13.2. The molecule has 0 radical (unpaired) electrons. The van der Waals surface area contributed by atoms with Gasteiger partial charge in [-0.25, -0.2) is 9.97 Å². The molecular weight excluding hydrogens is 460 g/mol. The number of aromatic nitrogens is 2. The maximum atomic E-state index is 13.2. The number of para-hydroxylation sites is 2. The fourth-order valence-corrected chi connectivity index (χ4v) is 4.18. The monoisotopic (exact) mass is 484 g/mol. The van der Waals surface area contributed by atoms with E-state index in [9.17, 15) is 9.59 Å². The predicted molar refractivity (Wildman–Crippen MR) is 139 cm³/mol. The van der Waals surface area contributed by atoms with Crippen LogP contribution in [-0.4, -0.2) is 34.1 Å². The molecule has 0 aliphatic heterocycles. The molecule has 0 atom stereocenters. The number of methoxy groups -OCH3 is 1. The van der Waals surface area contributed by atoms with Crippen molar-refractivity contribution in [2.45, 2.75) is 17.3 Å². The first kappa shape index (κ1) is 24.0. The number of hydrogen-bond donors (Lipinski definition) is 2. The summed E-state index contributed by atoms with van der Waals surface area (Å²) in [4.78, 5) is 35.5. The second-order valence-electron chi connectivity index (χ2n) is 7.61. The van der Waals surface area contributed by atoms with Crippen molar-refractivity contribution >= 4 is 35.0 Å². The third-order valence-electron chi connectivity index (χ3n) is 5.00. The third-order valence-corrected chi connectivity index (χ3v) is 6.06. The minimum atomic E-state index is -1.12. The lowest BCUT2D eigenvalue weighted by molar-refractivity contribution is -0.123. The van der Waals surface area contributed by atoms with Crippen molar-refractivity contribution in [1.82, 2.24) is 9.97 Å². The molecule has 176 valence electrons. The normalized spacial score (nSPS) is 10.6. The van der Waals surface area contributed by atoms with Crippen LogP contribution in [0.4, 0.5) is 11.4 Å². The summed E-state index contributed by atoms with van der Waals surface area (Å²) in [5, 5.41) is 4.83. The highest BCUT2D eigenvalue weighted by atomic mass is 32.2. The molecule has 0 aliphatic carbocycles. The van der Waals surface area contributed by atoms with E-state index in [0.717, 1.165) is 28.8 Å². The topological polar surface area (TPSA) is 93.2 Å². The number of hydrogen-bond acceptors (Lipinski definition) is 6. The van der Waals surface area contributed by atoms with Crippen LogP contribution in [-0.2, 0) is 9.59 Å². The van der Waals surface area contributed by atoms with E-state index in [4.69, 9.17) is 4.74 Å². The molecule has 0 bridgehead atoms. The molecule has 0 saturated heterocycles. The van der Waals surface area contributed by atoms with Crippen molar-refractivity contribution in [2.75, 3.05) is 17.7 Å². The highest BCUT2D eigenvalue weighted by Gasteiger charge is 2.30. The lowest BCUT2D eigenvalue weighted by atomic mass is 10.1. The minimum absolute atomic E-state index is 0.326. The van der Waals surface area contributed by atoms with Gasteiger partial charge in [0.15, 0.2) is 10.4 Å². The fraction of sp³-hybridized carbons (Fsp3) is 0.111. The van der Waals surface area contributed by atoms with Crippen LogP contribution in [0.3, 0.4) is 0 Å². The summed E-state index contributed by atoms with van der Waals surface area (Å²) in [5.41, 5.74) is 3.48. The quantitative estimate of drug-likeness (QED) is 0.203. The summed E-state index contributed by atoms with van der Waals surface area (Å²) in [5.74, 6) is -0.194. The minimum Gasteiger partial charge on any atom is -0.497 e. The van der Waals surface area contributed by atoms with E-state index in [2.05, 4.69) is 20.6 Å². The van der Waals surface area contributed by atoms with Crippen LogP contribution in [0, 0.1) is 6.92 Å². The molecule has 1 heterocycles. The van der Waals surface area contributed by atoms with Gasteiger partial charge in [0, 0.05) is 22.6 Å². The molecule has 3 aromatic carbocycles. The number of anilines is 2. The van der Waals surface area contributed by atoms with Gasteiger partial charge >= 0.3 is 0 Å². The largest absolute Gasteiger partial charge is 0.497 e. The number of aryl methyl sites for hydroxylation is 1. The average Bonchev–Trinajstić information content (AvgIpc) is 2.88. The third kappa shape index (κ3) is 6.45. The number of benzene rings is 3. The van der Waals surface area contributed by atoms with Gasteiger partial charge in [-0.15, -0.1) is 0 Å². The van der Waals surface area contributed by atoms with Gasteiger partial charge in [0.25, 0.3) is 0 Å². The lowest BCUT2D eigenvalue weighted by Crippen LogP contribution is -2.36. The Bertz CT molecular complexity index is 1250. The molecule has 0 unspecified atom stereocenters. The zero-order chi connectivity index (χ0) is 24.6. The molecule has 0 fully saturated rings. The van der Waals surface area contributed by atoms with E-state index in [1.807, 2.05) is 73.7 Å². The van der Waals surface area contributed by atoms with Gasteiger partial charge in [0.05, 0.1) is 12.8 Å². The van der Waals surface area contributed by atoms with Gasteiger partial charge in [-0.3, -0.25) is 9.59 Å². The van der Waals surface area contributed by atoms with Crippen molar-refractivity contribution in [3.63, 3.8) is 0 Å². The van der Waals surface area contributed by atoms with Gasteiger partial charge in [-0.05, 0) is 61.5 Å². The standard InChI is InChI=1S/C27H24N4O3S/c1-18-17-23(19-13-15-22(34-2)16-14-19)31-27(28-18)35-24(25(32)29-20-9-5-3-6-10-20)26(33)30-21-11-7-4-8-12-21/h3-17,24H,1-2H3,(H,29,32)(H,30,33). The number of nitrogens with one attached hydrogen (secondary N) is 2. The van der Waals surface area contributed by atoms with E-state index in [-0.39, 0.29) is 0 Å². The molecule has 8 heteroatoms. The van der Waals surface area contributed by atoms with Gasteiger partial charge in [0.1, 0.15) is 5.75 Å². The van der Waals surface area contributed by atoms with Gasteiger partial charge in [0.2, 0.25) is 11.8 Å². The first-order valence-electron chi connectivity index (χ1n) is 10.9. The first-order valence-corrected chi connectivity index (χ1v) is 11.8. The second-order valence-corrected chi connectivity index (χ2v) is 8.69. The molecule has 4 rings (SSSR count). The van der Waals surface area contributed by atoms with E-state index in [1.165, 1.54) is 0 Å². The van der Waals surface area contributed by atoms with E-state index in [1.54, 1.807) is 31.4 Å². The summed E-state index contributed by atoms with van der Waals surface area (Å²) in [6, 6.07) is 27.4. The van der Waals surface area contributed by atoms with Gasteiger partial charge in [-0.1, -0.05) is 48.2 Å². The number of carbonyl (C=O) groups is 2. The maximum Gasteiger partial charge on any atom is 0.247 e. The molecular formula is C27H24N4O3S. The number of carbonyl (C=O) groups excluding carboxylic acids is 2. The first-order chi connectivity index (χ1) is 17.0. The van der Waals surface area contributed by atoms with Crippen LogP contribution >= 0.6 is 11.8 Å². The van der Waals surface area contributed by atoms with E-state index < -0.39 is 17.1 Å². The molecule has 7 nitrogen and oxygen atoms in total. The predicted octanol–water partition coefficient (Wildman–Crippen LogP) is 5.20. The lowest BCUT2D eigenvalue weighted by Gasteiger charge is -2.16. The Kier molecular flexibility index (Phi) is 7.74. The molecule has 2 amide bonds. The van der Waals surface area contributed by atoms with Crippen LogP contribution in [0.25, 0.3) is 11.3 Å². The second kappa shape index (κ2) is 11.3. The summed E-state index contributed by atoms with van der Waals surface area (Å²) in [6.45, 7) is 1.85. The Hall–Kier alpha value is -4.17. The van der Waals surface area contributed by atoms with Crippen LogP contribution in [0.2, 0.25) is 0 Å². The molecule has 0 saturated carbocycles. The van der Waals surface area contributed by atoms with Gasteiger partial charge < -0.3 is 15.4 Å². The highest BCUT2D eigenvalue weighted by Crippen LogP contribution is 2.27. The van der Waals surface area contributed by atoms with Crippen molar-refractivity contribution in [1.29, 1.82) is 0 Å². The Balaban J connectivity index is 1.62. The molecule has 0 aliphatic rings. The molecule has 2 N–H and O–H groups in total. The number of amides is 2. The Labute approximate surface area is 208 Å². The summed E-state index contributed by atoms with van der Waals surface area (Å²) < 4.78 is 5.23. The molecule has 1 aromatic heterocycles. The number of nitrogens with zero attached hydrogens (tertiary/aromatic N) is 2. The van der Waals surface area contributed by atoms with Crippen molar-refractivity contribution in [3.8, 4) is 17.0 Å².